The predicted octanol–water partition coefficient (Wildman–Crippen LogP) is 3.06. The van der Waals surface area contributed by atoms with E-state index in [-0.39, 0.29) is 6.04 Å². The third kappa shape index (κ3) is 2.31. The smallest absolute Gasteiger partial charge is 0.153 e. The second kappa shape index (κ2) is 4.97. The molecule has 6 heteroatoms. The quantitative estimate of drug-likeness (QED) is 0.806. The van der Waals surface area contributed by atoms with Gasteiger partial charge in [0.15, 0.2) is 5.82 Å². The highest BCUT2D eigenvalue weighted by Gasteiger charge is 2.12. The molecular weight excluding hydrogens is 306 g/mol. The fraction of sp³-hybridized carbons (Fsp3) is 0.154. The van der Waals surface area contributed by atoms with Crippen LogP contribution in [0.5, 0.6) is 0 Å². The lowest BCUT2D eigenvalue weighted by Crippen LogP contribution is -2.10. The zero-order valence-electron chi connectivity index (χ0n) is 10.3. The minimum absolute atomic E-state index is 0.0710. The molecule has 1 unspecified atom stereocenters. The van der Waals surface area contributed by atoms with Gasteiger partial charge in [0.05, 0.1) is 22.4 Å². The van der Waals surface area contributed by atoms with Gasteiger partial charge in [-0.15, -0.1) is 0 Å². The monoisotopic (exact) mass is 317 g/mol. The first kappa shape index (κ1) is 12.1. The Kier molecular flexibility index (Phi) is 3.16. The zero-order valence-corrected chi connectivity index (χ0v) is 11.9. The third-order valence-electron chi connectivity index (χ3n) is 2.87. The van der Waals surface area contributed by atoms with Gasteiger partial charge in [0.25, 0.3) is 0 Å². The van der Waals surface area contributed by atoms with E-state index in [1.165, 1.54) is 0 Å². The van der Waals surface area contributed by atoms with Crippen molar-refractivity contribution in [3.63, 3.8) is 0 Å². The molecule has 1 N–H and O–H groups in total. The number of fused-ring (bicyclic) bond motifs is 1. The summed E-state index contributed by atoms with van der Waals surface area (Å²) in [6, 6.07) is 5.94. The Morgan fingerprint density at radius 3 is 2.95 bits per heavy atom. The minimum atomic E-state index is 0.0710. The van der Waals surface area contributed by atoms with E-state index < -0.39 is 0 Å². The minimum Gasteiger partial charge on any atom is -0.360 e. The molecule has 0 aliphatic carbocycles. The van der Waals surface area contributed by atoms with Gasteiger partial charge in [-0.05, 0) is 35.0 Å². The first-order chi connectivity index (χ1) is 9.25. The molecule has 0 aliphatic rings. The summed E-state index contributed by atoms with van der Waals surface area (Å²) in [4.78, 5) is 8.72. The van der Waals surface area contributed by atoms with Crippen LogP contribution < -0.4 is 5.32 Å². The number of hydrogen-bond acceptors (Lipinski definition) is 4. The fourth-order valence-electron chi connectivity index (χ4n) is 1.92. The summed E-state index contributed by atoms with van der Waals surface area (Å²) in [5.74, 6) is 0.782. The summed E-state index contributed by atoms with van der Waals surface area (Å²) in [6.07, 6.45) is 7.08. The molecule has 3 rings (SSSR count). The number of aromatic nitrogens is 4. The second-order valence-corrected chi connectivity index (χ2v) is 5.04. The van der Waals surface area contributed by atoms with E-state index in [9.17, 15) is 0 Å². The molecule has 1 atom stereocenters. The number of anilines is 1. The van der Waals surface area contributed by atoms with E-state index in [4.69, 9.17) is 0 Å². The first-order valence-electron chi connectivity index (χ1n) is 5.91. The molecular formula is C13H12BrN5. The molecule has 0 aromatic carbocycles. The summed E-state index contributed by atoms with van der Waals surface area (Å²) in [6.45, 7) is 2.05. The molecule has 0 spiro atoms. The summed E-state index contributed by atoms with van der Waals surface area (Å²) in [7, 11) is 0. The Morgan fingerprint density at radius 2 is 2.16 bits per heavy atom. The van der Waals surface area contributed by atoms with Crippen molar-refractivity contribution in [1.82, 2.24) is 19.6 Å². The van der Waals surface area contributed by atoms with Crippen molar-refractivity contribution in [3.8, 4) is 0 Å². The number of hydrogen-bond donors (Lipinski definition) is 1. The van der Waals surface area contributed by atoms with Crippen LogP contribution in [0.2, 0.25) is 0 Å². The van der Waals surface area contributed by atoms with Crippen LogP contribution in [0.4, 0.5) is 5.82 Å². The number of nitrogens with one attached hydrogen (secondary N) is 1. The van der Waals surface area contributed by atoms with Crippen LogP contribution in [0, 0.1) is 0 Å². The van der Waals surface area contributed by atoms with Gasteiger partial charge in [-0.1, -0.05) is 6.07 Å². The Bertz CT molecular complexity index is 695. The molecule has 0 radical (unpaired) electrons. The molecule has 0 aliphatic heterocycles. The molecule has 0 bridgehead atoms. The van der Waals surface area contributed by atoms with Crippen molar-refractivity contribution in [3.05, 3.63) is 53.2 Å². The lowest BCUT2D eigenvalue weighted by Gasteiger charge is -2.14. The van der Waals surface area contributed by atoms with Gasteiger partial charge in [0, 0.05) is 18.6 Å². The predicted molar refractivity (Wildman–Crippen MR) is 77.0 cm³/mol. The Labute approximate surface area is 118 Å². The summed E-state index contributed by atoms with van der Waals surface area (Å²) < 4.78 is 2.70. The number of halogens is 1. The summed E-state index contributed by atoms with van der Waals surface area (Å²) >= 11 is 3.48. The van der Waals surface area contributed by atoms with Crippen LogP contribution in [0.25, 0.3) is 5.52 Å². The van der Waals surface area contributed by atoms with E-state index >= 15 is 0 Å². The van der Waals surface area contributed by atoms with E-state index in [2.05, 4.69) is 43.2 Å². The maximum atomic E-state index is 4.38. The van der Waals surface area contributed by atoms with Crippen molar-refractivity contribution in [2.24, 2.45) is 0 Å². The van der Waals surface area contributed by atoms with E-state index in [0.29, 0.717) is 0 Å². The normalized spacial score (nSPS) is 12.5. The number of pyridine rings is 1. The number of rotatable bonds is 3. The summed E-state index contributed by atoms with van der Waals surface area (Å²) in [5.41, 5.74) is 1.90. The molecule has 0 saturated heterocycles. The summed E-state index contributed by atoms with van der Waals surface area (Å²) in [5, 5.41) is 7.60. The maximum absolute atomic E-state index is 4.38. The molecule has 96 valence electrons. The highest BCUT2D eigenvalue weighted by molar-refractivity contribution is 9.10. The lowest BCUT2D eigenvalue weighted by atomic mass is 10.2. The Morgan fingerprint density at radius 1 is 1.26 bits per heavy atom. The van der Waals surface area contributed by atoms with Crippen LogP contribution in [-0.4, -0.2) is 19.6 Å². The standard InChI is InChI=1S/C13H12BrN5/c1-9(11-4-2-3-5-15-11)18-13-12-10(14)8-17-19(12)7-6-16-13/h2-9H,1H3,(H,16,18). The second-order valence-electron chi connectivity index (χ2n) is 4.18. The van der Waals surface area contributed by atoms with Gasteiger partial charge in [-0.3, -0.25) is 4.98 Å². The molecule has 0 amide bonds. The van der Waals surface area contributed by atoms with E-state index in [0.717, 1.165) is 21.5 Å². The third-order valence-corrected chi connectivity index (χ3v) is 3.45. The largest absolute Gasteiger partial charge is 0.360 e. The van der Waals surface area contributed by atoms with E-state index in [1.54, 1.807) is 23.1 Å². The van der Waals surface area contributed by atoms with E-state index in [1.807, 2.05) is 24.4 Å². The molecule has 3 aromatic rings. The van der Waals surface area contributed by atoms with Crippen molar-refractivity contribution in [2.45, 2.75) is 13.0 Å². The Balaban J connectivity index is 1.95. The number of nitrogens with zero attached hydrogens (tertiary/aromatic N) is 4. The molecule has 3 aromatic heterocycles. The van der Waals surface area contributed by atoms with Crippen molar-refractivity contribution in [1.29, 1.82) is 0 Å². The molecule has 3 heterocycles. The molecule has 5 nitrogen and oxygen atoms in total. The average molecular weight is 318 g/mol. The van der Waals surface area contributed by atoms with Crippen LogP contribution in [0.15, 0.2) is 47.5 Å². The van der Waals surface area contributed by atoms with Crippen LogP contribution in [0.1, 0.15) is 18.7 Å². The van der Waals surface area contributed by atoms with Crippen LogP contribution in [-0.2, 0) is 0 Å². The highest BCUT2D eigenvalue weighted by Crippen LogP contribution is 2.25. The first-order valence-corrected chi connectivity index (χ1v) is 6.70. The van der Waals surface area contributed by atoms with Crippen LogP contribution >= 0.6 is 15.9 Å². The zero-order chi connectivity index (χ0) is 13.2. The van der Waals surface area contributed by atoms with Gasteiger partial charge >= 0.3 is 0 Å². The molecule has 19 heavy (non-hydrogen) atoms. The SMILES string of the molecule is CC(Nc1nccn2ncc(Br)c12)c1ccccn1. The maximum Gasteiger partial charge on any atom is 0.153 e. The van der Waals surface area contributed by atoms with Gasteiger partial charge in [0.2, 0.25) is 0 Å². The highest BCUT2D eigenvalue weighted by atomic mass is 79.9. The van der Waals surface area contributed by atoms with Crippen molar-refractivity contribution >= 4 is 27.3 Å². The van der Waals surface area contributed by atoms with Gasteiger partial charge < -0.3 is 5.32 Å². The average Bonchev–Trinajstić information content (AvgIpc) is 2.83. The topological polar surface area (TPSA) is 55.1 Å². The van der Waals surface area contributed by atoms with Crippen LogP contribution in [0.3, 0.4) is 0 Å². The molecule has 0 fully saturated rings. The van der Waals surface area contributed by atoms with Gasteiger partial charge in [0.1, 0.15) is 5.52 Å². The lowest BCUT2D eigenvalue weighted by molar-refractivity contribution is 0.828. The van der Waals surface area contributed by atoms with Crippen molar-refractivity contribution in [2.75, 3.05) is 5.32 Å². The van der Waals surface area contributed by atoms with Gasteiger partial charge in [-0.2, -0.15) is 5.10 Å². The fourth-order valence-corrected chi connectivity index (χ4v) is 2.39. The Hall–Kier alpha value is -1.95. The van der Waals surface area contributed by atoms with Gasteiger partial charge in [-0.25, -0.2) is 9.50 Å². The van der Waals surface area contributed by atoms with Crippen molar-refractivity contribution < 1.29 is 0 Å². The molecule has 0 saturated carbocycles.